The summed E-state index contributed by atoms with van der Waals surface area (Å²) in [4.78, 5) is 19.3. The minimum absolute atomic E-state index is 0.0797. The summed E-state index contributed by atoms with van der Waals surface area (Å²) in [6, 6.07) is 2.82. The van der Waals surface area contributed by atoms with Crippen molar-refractivity contribution in [3.05, 3.63) is 44.0 Å². The lowest BCUT2D eigenvalue weighted by atomic mass is 10.2. The first-order valence-corrected chi connectivity index (χ1v) is 5.14. The lowest BCUT2D eigenvalue weighted by molar-refractivity contribution is -0.394. The van der Waals surface area contributed by atoms with Crippen LogP contribution in [0.3, 0.4) is 0 Å². The third-order valence-corrected chi connectivity index (χ3v) is 2.30. The molecule has 0 aliphatic carbocycles. The van der Waals surface area contributed by atoms with E-state index in [0.717, 1.165) is 18.2 Å². The van der Waals surface area contributed by atoms with Crippen LogP contribution in [0.5, 0.6) is 0 Å². The molecule has 0 aliphatic heterocycles. The van der Waals surface area contributed by atoms with Crippen molar-refractivity contribution in [3.8, 4) is 0 Å². The monoisotopic (exact) mass is 245 g/mol. The largest absolute Gasteiger partial charge is 0.772 e. The highest BCUT2D eigenvalue weighted by Gasteiger charge is 2.18. The van der Waals surface area contributed by atoms with E-state index in [4.69, 9.17) is 0 Å². The predicted octanol–water partition coefficient (Wildman–Crippen LogP) is 0.882. The maximum Gasteiger partial charge on any atom is 0.280 e. The van der Waals surface area contributed by atoms with E-state index in [1.165, 1.54) is 0 Å². The van der Waals surface area contributed by atoms with Crippen LogP contribution in [0.25, 0.3) is 0 Å². The molecular weight excluding hydrogens is 240 g/mol. The third kappa shape index (κ3) is 2.81. The van der Waals surface area contributed by atoms with E-state index < -0.39 is 38.1 Å². The minimum Gasteiger partial charge on any atom is -0.772 e. The molecule has 9 heteroatoms. The number of nitro benzene ring substituents is 2. The van der Waals surface area contributed by atoms with E-state index in [-0.39, 0.29) is 5.56 Å². The van der Waals surface area contributed by atoms with Gasteiger partial charge in [0.1, 0.15) is 0 Å². The third-order valence-electron chi connectivity index (χ3n) is 1.75. The Kier molecular flexibility index (Phi) is 3.64. The van der Waals surface area contributed by atoms with Crippen molar-refractivity contribution in [2.75, 3.05) is 0 Å². The molecule has 86 valence electrons. The van der Waals surface area contributed by atoms with Crippen LogP contribution >= 0.6 is 0 Å². The molecule has 0 saturated heterocycles. The van der Waals surface area contributed by atoms with Crippen LogP contribution in [0.4, 0.5) is 11.4 Å². The summed E-state index contributed by atoms with van der Waals surface area (Å²) in [5.74, 6) is -0.547. The van der Waals surface area contributed by atoms with Crippen LogP contribution in [0.1, 0.15) is 5.56 Å². The van der Waals surface area contributed by atoms with Crippen molar-refractivity contribution in [1.82, 2.24) is 0 Å². The van der Waals surface area contributed by atoms with Crippen molar-refractivity contribution < 1.29 is 18.6 Å². The molecule has 1 rings (SSSR count). The quantitative estimate of drug-likeness (QED) is 0.440. The SMILES string of the molecule is O=[N+]([O-])c1ccc(CS(=O)[O-])c([N+](=O)[O-])c1. The van der Waals surface area contributed by atoms with Gasteiger partial charge in [-0.2, -0.15) is 0 Å². The summed E-state index contributed by atoms with van der Waals surface area (Å²) < 4.78 is 20.8. The Bertz CT molecular complexity index is 474. The minimum atomic E-state index is -2.48. The molecule has 0 heterocycles. The number of rotatable bonds is 4. The number of hydrogen-bond donors (Lipinski definition) is 0. The number of non-ortho nitro benzene ring substituents is 1. The van der Waals surface area contributed by atoms with Gasteiger partial charge in [-0.05, 0) is 6.07 Å². The molecule has 0 radical (unpaired) electrons. The second-order valence-corrected chi connectivity index (χ2v) is 3.67. The van der Waals surface area contributed by atoms with Crippen molar-refractivity contribution >= 4 is 22.5 Å². The zero-order valence-corrected chi connectivity index (χ0v) is 8.51. The Hall–Kier alpha value is -1.87. The van der Waals surface area contributed by atoms with E-state index in [0.29, 0.717) is 0 Å². The summed E-state index contributed by atoms with van der Waals surface area (Å²) in [5, 5.41) is 20.9. The molecule has 8 nitrogen and oxygen atoms in total. The van der Waals surface area contributed by atoms with E-state index in [2.05, 4.69) is 0 Å². The van der Waals surface area contributed by atoms with Gasteiger partial charge in [0.2, 0.25) is 0 Å². The van der Waals surface area contributed by atoms with Gasteiger partial charge < -0.3 is 4.55 Å². The molecule has 0 aromatic heterocycles. The second kappa shape index (κ2) is 4.77. The van der Waals surface area contributed by atoms with Crippen molar-refractivity contribution in [2.45, 2.75) is 5.75 Å². The zero-order valence-electron chi connectivity index (χ0n) is 7.69. The van der Waals surface area contributed by atoms with Gasteiger partial charge in [-0.25, -0.2) is 0 Å². The molecule has 0 aliphatic rings. The smallest absolute Gasteiger partial charge is 0.280 e. The normalized spacial score (nSPS) is 12.1. The van der Waals surface area contributed by atoms with E-state index in [1.54, 1.807) is 0 Å². The molecule has 16 heavy (non-hydrogen) atoms. The topological polar surface area (TPSA) is 126 Å². The lowest BCUT2D eigenvalue weighted by Gasteiger charge is -2.05. The summed E-state index contributed by atoms with van der Waals surface area (Å²) in [6.45, 7) is 0. The second-order valence-electron chi connectivity index (χ2n) is 2.78. The molecule has 0 saturated carbocycles. The molecule has 1 atom stereocenters. The van der Waals surface area contributed by atoms with Crippen LogP contribution < -0.4 is 0 Å². The van der Waals surface area contributed by atoms with Crippen LogP contribution in [0, 0.1) is 20.2 Å². The molecule has 1 aromatic carbocycles. The Balaban J connectivity index is 3.24. The van der Waals surface area contributed by atoms with Crippen LogP contribution in [0.15, 0.2) is 18.2 Å². The van der Waals surface area contributed by atoms with Crippen LogP contribution in [0.2, 0.25) is 0 Å². The average molecular weight is 245 g/mol. The number of nitrogens with zero attached hydrogens (tertiary/aromatic N) is 2. The first-order chi connectivity index (χ1) is 7.41. The Labute approximate surface area is 91.5 Å². The predicted molar refractivity (Wildman–Crippen MR) is 52.4 cm³/mol. The fourth-order valence-corrected chi connectivity index (χ4v) is 1.58. The van der Waals surface area contributed by atoms with E-state index >= 15 is 0 Å². The van der Waals surface area contributed by atoms with Gasteiger partial charge in [-0.3, -0.25) is 24.4 Å². The Morgan fingerprint density at radius 1 is 1.19 bits per heavy atom. The van der Waals surface area contributed by atoms with Crippen molar-refractivity contribution in [1.29, 1.82) is 0 Å². The average Bonchev–Trinajstić information content (AvgIpc) is 2.16. The fraction of sp³-hybridized carbons (Fsp3) is 0.143. The molecule has 0 spiro atoms. The summed E-state index contributed by atoms with van der Waals surface area (Å²) >= 11 is -2.48. The van der Waals surface area contributed by atoms with Gasteiger partial charge in [-0.1, -0.05) is 11.1 Å². The molecule has 1 aromatic rings. The number of benzene rings is 1. The maximum absolute atomic E-state index is 10.6. The molecule has 0 bridgehead atoms. The number of nitro groups is 2. The van der Waals surface area contributed by atoms with Crippen LogP contribution in [-0.2, 0) is 16.8 Å². The highest BCUT2D eigenvalue weighted by molar-refractivity contribution is 7.78. The maximum atomic E-state index is 10.6. The van der Waals surface area contributed by atoms with Crippen molar-refractivity contribution in [2.24, 2.45) is 0 Å². The Morgan fingerprint density at radius 3 is 2.25 bits per heavy atom. The molecule has 0 amide bonds. The van der Waals surface area contributed by atoms with Gasteiger partial charge in [-0.15, -0.1) is 0 Å². The number of hydrogen-bond acceptors (Lipinski definition) is 6. The molecule has 1 unspecified atom stereocenters. The molecular formula is C7H5N2O6S-. The van der Waals surface area contributed by atoms with Crippen LogP contribution in [-0.4, -0.2) is 18.6 Å². The summed E-state index contributed by atoms with van der Waals surface area (Å²) in [5.41, 5.74) is -1.10. The van der Waals surface area contributed by atoms with Gasteiger partial charge >= 0.3 is 0 Å². The first kappa shape index (κ1) is 12.2. The summed E-state index contributed by atoms with van der Waals surface area (Å²) in [6.07, 6.45) is 0. The van der Waals surface area contributed by atoms with E-state index in [9.17, 15) is 29.0 Å². The van der Waals surface area contributed by atoms with Gasteiger partial charge in [0.25, 0.3) is 11.4 Å². The van der Waals surface area contributed by atoms with Gasteiger partial charge in [0.15, 0.2) is 0 Å². The summed E-state index contributed by atoms with van der Waals surface area (Å²) in [7, 11) is 0. The first-order valence-electron chi connectivity index (χ1n) is 3.89. The van der Waals surface area contributed by atoms with E-state index in [1.807, 2.05) is 0 Å². The highest BCUT2D eigenvalue weighted by Crippen LogP contribution is 2.25. The zero-order chi connectivity index (χ0) is 12.3. The molecule has 0 N–H and O–H groups in total. The van der Waals surface area contributed by atoms with Crippen molar-refractivity contribution in [3.63, 3.8) is 0 Å². The fourth-order valence-electron chi connectivity index (χ4n) is 1.08. The van der Waals surface area contributed by atoms with Gasteiger partial charge in [0.05, 0.1) is 15.9 Å². The lowest BCUT2D eigenvalue weighted by Crippen LogP contribution is -2.00. The Morgan fingerprint density at radius 2 is 1.81 bits per heavy atom. The standard InChI is InChI=1S/C7H6N2O6S/c10-8(11)6-2-1-5(4-16(14)15)7(3-6)9(12)13/h1-3H,4H2,(H,14,15)/p-1. The molecule has 0 fully saturated rings. The highest BCUT2D eigenvalue weighted by atomic mass is 32.2. The van der Waals surface area contributed by atoms with Gasteiger partial charge in [0, 0.05) is 17.4 Å².